The summed E-state index contributed by atoms with van der Waals surface area (Å²) < 4.78 is 2.43. The van der Waals surface area contributed by atoms with Crippen LogP contribution < -0.4 is 4.90 Å². The molecule has 12 aromatic rings. The molecule has 0 amide bonds. The SMILES string of the molecule is C\C=C/C=C\C=C\c1cc(-c2ccccc2)cc(N(c2ccc(-c3cc(-c4ccccc4)cc(-c4ccccc4)c3)cc2)c2cccc(-c3cccc4c3c3cc5ccccc5cc3n4-c3ccccc3)c2)c1. The highest BCUT2D eigenvalue weighted by Crippen LogP contribution is 2.44. The predicted molar refractivity (Wildman–Crippen MR) is 313 cm³/mol. The van der Waals surface area contributed by atoms with Crippen molar-refractivity contribution in [2.24, 2.45) is 0 Å². The summed E-state index contributed by atoms with van der Waals surface area (Å²) >= 11 is 0. The van der Waals surface area contributed by atoms with Gasteiger partial charge in [-0.15, -0.1) is 0 Å². The maximum Gasteiger partial charge on any atom is 0.0547 e. The number of allylic oxidation sites excluding steroid dienone is 5. The number of nitrogens with zero attached hydrogens (tertiary/aromatic N) is 2. The van der Waals surface area contributed by atoms with Crippen LogP contribution in [0.5, 0.6) is 0 Å². The third-order valence-corrected chi connectivity index (χ3v) is 13.8. The van der Waals surface area contributed by atoms with Crippen molar-refractivity contribution < 1.29 is 0 Å². The van der Waals surface area contributed by atoms with Crippen molar-refractivity contribution in [3.63, 3.8) is 0 Å². The van der Waals surface area contributed by atoms with Gasteiger partial charge in [0.2, 0.25) is 0 Å². The Morgan fingerprint density at radius 3 is 1.48 bits per heavy atom. The molecule has 0 fully saturated rings. The van der Waals surface area contributed by atoms with Crippen molar-refractivity contribution in [3.05, 3.63) is 297 Å². The molecule has 346 valence electrons. The van der Waals surface area contributed by atoms with Gasteiger partial charge in [0.15, 0.2) is 0 Å². The fourth-order valence-electron chi connectivity index (χ4n) is 10.4. The van der Waals surface area contributed by atoms with Crippen LogP contribution in [0.1, 0.15) is 12.5 Å². The van der Waals surface area contributed by atoms with Crippen LogP contribution in [0.3, 0.4) is 0 Å². The van der Waals surface area contributed by atoms with E-state index in [0.29, 0.717) is 0 Å². The summed E-state index contributed by atoms with van der Waals surface area (Å²) in [5.74, 6) is 0. The van der Waals surface area contributed by atoms with Gasteiger partial charge in [-0.2, -0.15) is 0 Å². The largest absolute Gasteiger partial charge is 0.310 e. The molecule has 1 heterocycles. The number of rotatable bonds is 12. The Morgan fingerprint density at radius 1 is 0.329 bits per heavy atom. The Balaban J connectivity index is 1.04. The van der Waals surface area contributed by atoms with Crippen molar-refractivity contribution >= 4 is 55.7 Å². The van der Waals surface area contributed by atoms with Gasteiger partial charge in [0.25, 0.3) is 0 Å². The van der Waals surface area contributed by atoms with Crippen molar-refractivity contribution in [3.8, 4) is 61.3 Å². The molecule has 0 saturated heterocycles. The van der Waals surface area contributed by atoms with Gasteiger partial charge in [-0.3, -0.25) is 0 Å². The van der Waals surface area contributed by atoms with E-state index in [2.05, 4.69) is 301 Å². The van der Waals surface area contributed by atoms with Crippen LogP contribution in [0.4, 0.5) is 17.1 Å². The summed E-state index contributed by atoms with van der Waals surface area (Å²) in [7, 11) is 0. The summed E-state index contributed by atoms with van der Waals surface area (Å²) in [6.07, 6.45) is 12.6. The molecule has 0 saturated carbocycles. The van der Waals surface area contributed by atoms with E-state index in [-0.39, 0.29) is 0 Å². The van der Waals surface area contributed by atoms with E-state index in [1.165, 1.54) is 66.0 Å². The van der Waals surface area contributed by atoms with Crippen LogP contribution in [0.2, 0.25) is 0 Å². The first-order valence-electron chi connectivity index (χ1n) is 25.1. The van der Waals surface area contributed by atoms with Gasteiger partial charge >= 0.3 is 0 Å². The van der Waals surface area contributed by atoms with Crippen LogP contribution in [-0.2, 0) is 0 Å². The lowest BCUT2D eigenvalue weighted by atomic mass is 9.93. The van der Waals surface area contributed by atoms with Crippen LogP contribution in [0.15, 0.2) is 291 Å². The highest BCUT2D eigenvalue weighted by molar-refractivity contribution is 6.18. The number of benzene rings is 11. The highest BCUT2D eigenvalue weighted by Gasteiger charge is 2.20. The highest BCUT2D eigenvalue weighted by atomic mass is 15.1. The fourth-order valence-corrected chi connectivity index (χ4v) is 10.4. The van der Waals surface area contributed by atoms with E-state index in [4.69, 9.17) is 0 Å². The summed E-state index contributed by atoms with van der Waals surface area (Å²) in [5, 5.41) is 4.91. The second kappa shape index (κ2) is 20.1. The molecule has 0 aliphatic carbocycles. The molecule has 0 bridgehead atoms. The molecule has 11 aromatic carbocycles. The number of fused-ring (bicyclic) bond motifs is 4. The van der Waals surface area contributed by atoms with Gasteiger partial charge in [-0.25, -0.2) is 0 Å². The number of para-hydroxylation sites is 1. The second-order valence-electron chi connectivity index (χ2n) is 18.5. The topological polar surface area (TPSA) is 8.17 Å². The number of hydrogen-bond acceptors (Lipinski definition) is 1. The maximum atomic E-state index is 2.43. The molecule has 0 aliphatic rings. The molecule has 0 aliphatic heterocycles. The first-order chi connectivity index (χ1) is 36.1. The standard InChI is InChI=1S/C71H52N2/c1-2-3-4-5-10-23-51-42-59(52-24-11-6-12-25-52)48-66(43-51)72(64-40-38-55(39-41-64)62-45-60(53-26-13-7-14-27-53)44-61(46-62)54-28-15-8-16-29-54)65-35-21-32-58(47-65)67-36-22-37-69-71(67)68-49-56-30-19-20-31-57(56)50-70(68)73(69)63-33-17-9-18-34-63/h2-50H,1H3/b3-2-,5-4-,23-10+. The molecular formula is C71H52N2. The van der Waals surface area contributed by atoms with E-state index in [1.807, 2.05) is 13.0 Å². The molecule has 0 unspecified atom stereocenters. The van der Waals surface area contributed by atoms with Gasteiger partial charge in [-0.05, 0) is 170 Å². The van der Waals surface area contributed by atoms with Crippen molar-refractivity contribution in [2.45, 2.75) is 6.92 Å². The van der Waals surface area contributed by atoms with E-state index in [1.54, 1.807) is 0 Å². The van der Waals surface area contributed by atoms with Crippen molar-refractivity contribution in [1.29, 1.82) is 0 Å². The summed E-state index contributed by atoms with van der Waals surface area (Å²) in [4.78, 5) is 2.42. The molecule has 2 nitrogen and oxygen atoms in total. The van der Waals surface area contributed by atoms with Gasteiger partial charge in [-0.1, -0.05) is 206 Å². The van der Waals surface area contributed by atoms with Gasteiger partial charge < -0.3 is 9.47 Å². The Kier molecular flexibility index (Phi) is 12.3. The molecule has 1 aromatic heterocycles. The molecular weight excluding hydrogens is 881 g/mol. The Labute approximate surface area is 428 Å². The lowest BCUT2D eigenvalue weighted by molar-refractivity contribution is 1.18. The lowest BCUT2D eigenvalue weighted by Gasteiger charge is -2.27. The van der Waals surface area contributed by atoms with Crippen LogP contribution in [-0.4, -0.2) is 4.57 Å². The van der Waals surface area contributed by atoms with Gasteiger partial charge in [0, 0.05) is 33.5 Å². The third kappa shape index (κ3) is 9.11. The van der Waals surface area contributed by atoms with Crippen molar-refractivity contribution in [1.82, 2.24) is 4.57 Å². The van der Waals surface area contributed by atoms with Crippen LogP contribution >= 0.6 is 0 Å². The zero-order valence-corrected chi connectivity index (χ0v) is 40.7. The monoisotopic (exact) mass is 932 g/mol. The molecule has 0 N–H and O–H groups in total. The Bertz CT molecular complexity index is 3940. The van der Waals surface area contributed by atoms with E-state index < -0.39 is 0 Å². The lowest BCUT2D eigenvalue weighted by Crippen LogP contribution is -2.10. The smallest absolute Gasteiger partial charge is 0.0547 e. The molecule has 0 radical (unpaired) electrons. The Hall–Kier alpha value is -9.50. The van der Waals surface area contributed by atoms with E-state index in [9.17, 15) is 0 Å². The first kappa shape index (κ1) is 44.7. The first-order valence-corrected chi connectivity index (χ1v) is 25.1. The van der Waals surface area contributed by atoms with E-state index >= 15 is 0 Å². The molecule has 12 rings (SSSR count). The zero-order valence-electron chi connectivity index (χ0n) is 40.7. The minimum Gasteiger partial charge on any atom is -0.310 e. The average molecular weight is 933 g/mol. The quantitative estimate of drug-likeness (QED) is 0.111. The molecule has 73 heavy (non-hydrogen) atoms. The summed E-state index contributed by atoms with van der Waals surface area (Å²) in [6.45, 7) is 2.04. The fraction of sp³-hybridized carbons (Fsp3) is 0.0141. The van der Waals surface area contributed by atoms with Crippen molar-refractivity contribution in [2.75, 3.05) is 4.90 Å². The maximum absolute atomic E-state index is 2.43. The number of hydrogen-bond donors (Lipinski definition) is 0. The minimum absolute atomic E-state index is 1.06. The number of aromatic nitrogens is 1. The minimum atomic E-state index is 1.06. The Morgan fingerprint density at radius 2 is 0.849 bits per heavy atom. The molecule has 0 atom stereocenters. The third-order valence-electron chi connectivity index (χ3n) is 13.8. The molecule has 2 heteroatoms. The molecule has 0 spiro atoms. The van der Waals surface area contributed by atoms with E-state index in [0.717, 1.165) is 50.6 Å². The average Bonchev–Trinajstić information content (AvgIpc) is 3.79. The number of anilines is 3. The second-order valence-corrected chi connectivity index (χ2v) is 18.5. The van der Waals surface area contributed by atoms with Crippen LogP contribution in [0, 0.1) is 0 Å². The van der Waals surface area contributed by atoms with Gasteiger partial charge in [0.1, 0.15) is 0 Å². The summed E-state index contributed by atoms with van der Waals surface area (Å²) in [5.41, 5.74) is 19.5. The normalized spacial score (nSPS) is 11.7. The van der Waals surface area contributed by atoms with Gasteiger partial charge in [0.05, 0.1) is 11.0 Å². The summed E-state index contributed by atoms with van der Waals surface area (Å²) in [6, 6.07) is 95.1. The predicted octanol–water partition coefficient (Wildman–Crippen LogP) is 19.9. The van der Waals surface area contributed by atoms with Crippen LogP contribution in [0.25, 0.3) is 100.0 Å². The zero-order chi connectivity index (χ0) is 48.9.